The van der Waals surface area contributed by atoms with E-state index in [9.17, 15) is 9.59 Å². The van der Waals surface area contributed by atoms with Gasteiger partial charge in [0.05, 0.1) is 7.11 Å². The molecular weight excluding hydrogens is 252 g/mol. The van der Waals surface area contributed by atoms with Crippen LogP contribution in [-0.4, -0.2) is 29.2 Å². The van der Waals surface area contributed by atoms with Crippen molar-refractivity contribution < 1.29 is 14.3 Å². The van der Waals surface area contributed by atoms with Crippen molar-refractivity contribution in [1.29, 1.82) is 0 Å². The lowest BCUT2D eigenvalue weighted by Crippen LogP contribution is -2.16. The molecule has 0 saturated carbocycles. The van der Waals surface area contributed by atoms with Gasteiger partial charge in [-0.15, -0.1) is 0 Å². The van der Waals surface area contributed by atoms with E-state index in [1.165, 1.54) is 0 Å². The van der Waals surface area contributed by atoms with Crippen molar-refractivity contribution in [3.05, 3.63) is 29.8 Å². The molecule has 1 aliphatic rings. The zero-order valence-electron chi connectivity index (χ0n) is 9.75. The van der Waals surface area contributed by atoms with Gasteiger partial charge in [0.15, 0.2) is 11.0 Å². The number of carbonyl (C=O) groups is 2. The van der Waals surface area contributed by atoms with Crippen LogP contribution in [0.4, 0.5) is 0 Å². The van der Waals surface area contributed by atoms with Crippen molar-refractivity contribution >= 4 is 28.6 Å². The summed E-state index contributed by atoms with van der Waals surface area (Å²) in [6, 6.07) is 6.77. The van der Waals surface area contributed by atoms with E-state index in [0.717, 1.165) is 11.8 Å². The number of rotatable bonds is 4. The molecule has 0 aromatic heterocycles. The number of ether oxygens (including phenoxy) is 1. The van der Waals surface area contributed by atoms with Gasteiger partial charge in [0, 0.05) is 12.0 Å². The highest BCUT2D eigenvalue weighted by atomic mass is 32.2. The Morgan fingerprint density at radius 2 is 2.11 bits per heavy atom. The molecule has 0 spiro atoms. The Bertz CT molecular complexity index is 511. The maximum absolute atomic E-state index is 12.0. The van der Waals surface area contributed by atoms with Crippen LogP contribution in [0.25, 0.3) is 0 Å². The number of thioether (sulfide) groups is 1. The fourth-order valence-electron chi connectivity index (χ4n) is 1.60. The summed E-state index contributed by atoms with van der Waals surface area (Å²) in [6.45, 7) is 0. The third kappa shape index (κ3) is 2.70. The minimum atomic E-state index is -0.486. The van der Waals surface area contributed by atoms with Gasteiger partial charge in [-0.2, -0.15) is 4.99 Å². The zero-order valence-corrected chi connectivity index (χ0v) is 10.6. The van der Waals surface area contributed by atoms with Crippen LogP contribution in [-0.2, 0) is 4.79 Å². The third-order valence-corrected chi connectivity index (χ3v) is 3.53. The van der Waals surface area contributed by atoms with E-state index >= 15 is 0 Å². The largest absolute Gasteiger partial charge is 0.497 e. The highest BCUT2D eigenvalue weighted by Gasteiger charge is 2.29. The topological polar surface area (TPSA) is 81.8 Å². The van der Waals surface area contributed by atoms with Crippen molar-refractivity contribution in [3.63, 3.8) is 0 Å². The average molecular weight is 264 g/mol. The van der Waals surface area contributed by atoms with Crippen molar-refractivity contribution in [1.82, 2.24) is 0 Å². The third-order valence-electron chi connectivity index (χ3n) is 2.54. The van der Waals surface area contributed by atoms with Gasteiger partial charge in [-0.05, 0) is 24.3 Å². The molecule has 0 bridgehead atoms. The average Bonchev–Trinajstić information content (AvgIpc) is 2.68. The summed E-state index contributed by atoms with van der Waals surface area (Å²) in [4.78, 5) is 26.9. The molecule has 2 rings (SSSR count). The summed E-state index contributed by atoms with van der Waals surface area (Å²) in [7, 11) is 1.56. The molecule has 0 radical (unpaired) electrons. The van der Waals surface area contributed by atoms with E-state index in [0.29, 0.717) is 11.3 Å². The molecular formula is C12H12N2O3S. The number of nitrogens with zero attached hydrogens (tertiary/aromatic N) is 1. The summed E-state index contributed by atoms with van der Waals surface area (Å²) in [5.74, 6) is 0.248. The number of benzene rings is 1. The summed E-state index contributed by atoms with van der Waals surface area (Å²) in [6.07, 6.45) is 0.111. The van der Waals surface area contributed by atoms with Crippen LogP contribution >= 0.6 is 11.8 Å². The zero-order chi connectivity index (χ0) is 13.1. The number of amides is 1. The van der Waals surface area contributed by atoms with Crippen LogP contribution in [0.3, 0.4) is 0 Å². The van der Waals surface area contributed by atoms with Crippen LogP contribution in [0.2, 0.25) is 0 Å². The summed E-state index contributed by atoms with van der Waals surface area (Å²) in [5.41, 5.74) is 5.98. The predicted molar refractivity (Wildman–Crippen MR) is 69.9 cm³/mol. The number of carbonyl (C=O) groups excluding carboxylic acids is 2. The Balaban J connectivity index is 2.02. The minimum absolute atomic E-state index is 0.103. The first-order valence-corrected chi connectivity index (χ1v) is 6.20. The molecule has 0 aliphatic carbocycles. The molecule has 1 amide bonds. The van der Waals surface area contributed by atoms with Crippen molar-refractivity contribution in [2.75, 3.05) is 7.11 Å². The van der Waals surface area contributed by atoms with E-state index in [1.54, 1.807) is 31.4 Å². The van der Waals surface area contributed by atoms with Gasteiger partial charge in [-0.3, -0.25) is 9.59 Å². The van der Waals surface area contributed by atoms with Gasteiger partial charge >= 0.3 is 0 Å². The lowest BCUT2D eigenvalue weighted by atomic mass is 10.1. The molecule has 6 heteroatoms. The fraction of sp³-hybridized carbons (Fsp3) is 0.250. The molecule has 0 unspecified atom stereocenters. The number of hydrogen-bond donors (Lipinski definition) is 1. The lowest BCUT2D eigenvalue weighted by Gasteiger charge is -2.06. The summed E-state index contributed by atoms with van der Waals surface area (Å²) >= 11 is 1.14. The second-order valence-electron chi connectivity index (χ2n) is 3.75. The predicted octanol–water partition coefficient (Wildman–Crippen LogP) is 1.22. The Morgan fingerprint density at radius 1 is 1.44 bits per heavy atom. The normalized spacial score (nSPS) is 18.6. The first kappa shape index (κ1) is 12.6. The Morgan fingerprint density at radius 3 is 2.61 bits per heavy atom. The van der Waals surface area contributed by atoms with Crippen LogP contribution in [0, 0.1) is 0 Å². The second-order valence-corrected chi connectivity index (χ2v) is 4.97. The van der Waals surface area contributed by atoms with Gasteiger partial charge in [-0.25, -0.2) is 0 Å². The Kier molecular flexibility index (Phi) is 3.66. The molecule has 1 heterocycles. The number of ketones is 1. The number of amidine groups is 1. The standard InChI is InChI=1S/C12H12N2O3S/c1-17-8-4-2-7(3-5-8)9(15)6-10-11(16)14-12(13)18-10/h2-5,10H,6H2,1H3,(H2,13,14,16)/t10-/m1/s1. The molecule has 18 heavy (non-hydrogen) atoms. The molecule has 94 valence electrons. The number of hydrogen-bond acceptors (Lipinski definition) is 5. The number of nitrogens with two attached hydrogens (primary N) is 1. The van der Waals surface area contributed by atoms with E-state index in [4.69, 9.17) is 10.5 Å². The first-order valence-electron chi connectivity index (χ1n) is 5.32. The van der Waals surface area contributed by atoms with E-state index < -0.39 is 5.25 Å². The number of methoxy groups -OCH3 is 1. The van der Waals surface area contributed by atoms with Crippen LogP contribution in [0.1, 0.15) is 16.8 Å². The van der Waals surface area contributed by atoms with Gasteiger partial charge in [0.25, 0.3) is 5.91 Å². The number of aliphatic imine (C=N–C) groups is 1. The van der Waals surface area contributed by atoms with E-state index in [1.807, 2.05) is 0 Å². The minimum Gasteiger partial charge on any atom is -0.497 e. The van der Waals surface area contributed by atoms with Crippen LogP contribution in [0.15, 0.2) is 29.3 Å². The van der Waals surface area contributed by atoms with Crippen LogP contribution < -0.4 is 10.5 Å². The lowest BCUT2D eigenvalue weighted by molar-refractivity contribution is -0.117. The van der Waals surface area contributed by atoms with Crippen molar-refractivity contribution in [2.45, 2.75) is 11.7 Å². The Hall–Kier alpha value is -1.82. The smallest absolute Gasteiger partial charge is 0.262 e. The van der Waals surface area contributed by atoms with Crippen molar-refractivity contribution in [2.24, 2.45) is 10.7 Å². The molecule has 5 nitrogen and oxygen atoms in total. The molecule has 1 aromatic carbocycles. The van der Waals surface area contributed by atoms with Gasteiger partial charge in [-0.1, -0.05) is 11.8 Å². The Labute approximate surface area is 108 Å². The molecule has 0 fully saturated rings. The summed E-state index contributed by atoms with van der Waals surface area (Å²) < 4.78 is 5.01. The SMILES string of the molecule is COc1ccc(C(=O)C[C@H]2SC(N)=NC2=O)cc1. The second kappa shape index (κ2) is 5.22. The highest BCUT2D eigenvalue weighted by molar-refractivity contribution is 8.15. The quantitative estimate of drug-likeness (QED) is 0.827. The van der Waals surface area contributed by atoms with Crippen molar-refractivity contribution in [3.8, 4) is 5.75 Å². The van der Waals surface area contributed by atoms with Crippen LogP contribution in [0.5, 0.6) is 5.75 Å². The molecule has 2 N–H and O–H groups in total. The molecule has 1 atom stereocenters. The fourth-order valence-corrected chi connectivity index (χ4v) is 2.42. The van der Waals surface area contributed by atoms with E-state index in [-0.39, 0.29) is 23.3 Å². The first-order chi connectivity index (χ1) is 8.60. The maximum Gasteiger partial charge on any atom is 0.262 e. The van der Waals surface area contributed by atoms with Gasteiger partial charge < -0.3 is 10.5 Å². The molecule has 1 aromatic rings. The summed E-state index contributed by atoms with van der Waals surface area (Å²) in [5, 5.41) is -0.257. The monoisotopic (exact) mass is 264 g/mol. The molecule has 0 saturated heterocycles. The maximum atomic E-state index is 12.0. The number of Topliss-reactive ketones (excluding diaryl/α,β-unsaturated/α-hetero) is 1. The molecule has 1 aliphatic heterocycles. The van der Waals surface area contributed by atoms with Gasteiger partial charge in [0.1, 0.15) is 11.0 Å². The van der Waals surface area contributed by atoms with Gasteiger partial charge in [0.2, 0.25) is 0 Å². The highest BCUT2D eigenvalue weighted by Crippen LogP contribution is 2.24. The van der Waals surface area contributed by atoms with E-state index in [2.05, 4.69) is 4.99 Å².